The van der Waals surface area contributed by atoms with E-state index in [4.69, 9.17) is 11.6 Å². The summed E-state index contributed by atoms with van der Waals surface area (Å²) in [6.07, 6.45) is 1.67. The van der Waals surface area contributed by atoms with Gasteiger partial charge in [-0.3, -0.25) is 9.59 Å². The zero-order chi connectivity index (χ0) is 18.8. The Morgan fingerprint density at radius 3 is 2.28 bits per heavy atom. The lowest BCUT2D eigenvalue weighted by Crippen LogP contribution is -2.51. The van der Waals surface area contributed by atoms with E-state index in [0.717, 1.165) is 0 Å². The highest BCUT2D eigenvalue weighted by atomic mass is 35.5. The van der Waals surface area contributed by atoms with Gasteiger partial charge in [0, 0.05) is 23.8 Å². The lowest BCUT2D eigenvalue weighted by atomic mass is 9.87. The molecule has 25 heavy (non-hydrogen) atoms. The number of rotatable bonds is 6. The second kappa shape index (κ2) is 7.11. The van der Waals surface area contributed by atoms with Crippen LogP contribution in [-0.4, -0.2) is 27.3 Å². The molecule has 0 bridgehead atoms. The maximum atomic E-state index is 12.7. The fourth-order valence-electron chi connectivity index (χ4n) is 2.67. The van der Waals surface area contributed by atoms with E-state index >= 15 is 0 Å². The van der Waals surface area contributed by atoms with Crippen LogP contribution in [-0.2, 0) is 17.4 Å². The molecule has 0 fully saturated rings. The van der Waals surface area contributed by atoms with Gasteiger partial charge in [0.05, 0.1) is 0 Å². The fourth-order valence-corrected chi connectivity index (χ4v) is 2.79. The number of ketones is 1. The number of benzene rings is 1. The van der Waals surface area contributed by atoms with Crippen molar-refractivity contribution < 1.29 is 19.5 Å². The van der Waals surface area contributed by atoms with E-state index in [1.165, 1.54) is 23.8 Å². The summed E-state index contributed by atoms with van der Waals surface area (Å²) in [5, 5.41) is 12.9. The molecule has 0 saturated heterocycles. The van der Waals surface area contributed by atoms with E-state index in [2.05, 4.69) is 5.32 Å². The normalized spacial score (nSPS) is 13.1. The summed E-state index contributed by atoms with van der Waals surface area (Å²) in [5.74, 6) is -1.92. The van der Waals surface area contributed by atoms with Gasteiger partial charge < -0.3 is 15.0 Å². The van der Waals surface area contributed by atoms with Crippen LogP contribution in [0.4, 0.5) is 0 Å². The fraction of sp³-hybridized carbons (Fsp3) is 0.278. The van der Waals surface area contributed by atoms with Crippen molar-refractivity contribution in [3.8, 4) is 0 Å². The average molecular weight is 363 g/mol. The minimum Gasteiger partial charge on any atom is -0.479 e. The lowest BCUT2D eigenvalue weighted by molar-refractivity contribution is -0.145. The molecule has 2 aromatic rings. The molecule has 1 aromatic carbocycles. The Hall–Kier alpha value is -2.60. The molecule has 1 amide bonds. The van der Waals surface area contributed by atoms with Crippen LogP contribution in [0.15, 0.2) is 36.5 Å². The quantitative estimate of drug-likeness (QED) is 0.773. The van der Waals surface area contributed by atoms with Gasteiger partial charge in [-0.1, -0.05) is 30.7 Å². The number of hydrogen-bond acceptors (Lipinski definition) is 3. The summed E-state index contributed by atoms with van der Waals surface area (Å²) in [6, 6.07) is 7.75. The largest absolute Gasteiger partial charge is 0.479 e. The number of carbonyl (C=O) groups is 3. The first kappa shape index (κ1) is 18.7. The molecule has 7 heteroatoms. The van der Waals surface area contributed by atoms with Crippen molar-refractivity contribution in [3.63, 3.8) is 0 Å². The summed E-state index contributed by atoms with van der Waals surface area (Å²) in [7, 11) is 1.62. The molecule has 1 aromatic heterocycles. The number of aliphatic carboxylic acids is 1. The monoisotopic (exact) mass is 362 g/mol. The van der Waals surface area contributed by atoms with Crippen LogP contribution in [0, 0.1) is 0 Å². The standard InChI is InChI=1S/C18H19ClN2O4/c1-4-18(17(24)25,13-5-7-14(19)8-6-13)20-16(23)15-9-12(11(2)22)10-21(15)3/h5-10H,4H2,1-3H3,(H,20,23)(H,24,25). The van der Waals surface area contributed by atoms with Gasteiger partial charge in [0.2, 0.25) is 0 Å². The Kier molecular flexibility index (Phi) is 5.33. The Morgan fingerprint density at radius 1 is 1.24 bits per heavy atom. The lowest BCUT2D eigenvalue weighted by Gasteiger charge is -2.30. The Bertz CT molecular complexity index is 826. The van der Waals surface area contributed by atoms with Crippen LogP contribution in [0.1, 0.15) is 46.7 Å². The van der Waals surface area contributed by atoms with Crippen molar-refractivity contribution in [2.75, 3.05) is 0 Å². The minimum absolute atomic E-state index is 0.139. The molecule has 2 N–H and O–H groups in total. The number of carboxylic acids is 1. The summed E-state index contributed by atoms with van der Waals surface area (Å²) in [5.41, 5.74) is -0.585. The molecule has 1 atom stereocenters. The van der Waals surface area contributed by atoms with Gasteiger partial charge in [-0.05, 0) is 37.1 Å². The van der Waals surface area contributed by atoms with Gasteiger partial charge in [0.1, 0.15) is 5.69 Å². The summed E-state index contributed by atoms with van der Waals surface area (Å²) < 4.78 is 1.50. The number of hydrogen-bond donors (Lipinski definition) is 2. The Labute approximate surface area is 150 Å². The van der Waals surface area contributed by atoms with E-state index in [-0.39, 0.29) is 17.9 Å². The highest BCUT2D eigenvalue weighted by molar-refractivity contribution is 6.30. The molecule has 2 rings (SSSR count). The van der Waals surface area contributed by atoms with Crippen molar-refractivity contribution in [3.05, 3.63) is 58.4 Å². The SMILES string of the molecule is CCC(NC(=O)c1cc(C(C)=O)cn1C)(C(=O)O)c1ccc(Cl)cc1. The zero-order valence-electron chi connectivity index (χ0n) is 14.2. The second-order valence-electron chi connectivity index (χ2n) is 5.81. The topological polar surface area (TPSA) is 88.4 Å². The highest BCUT2D eigenvalue weighted by Gasteiger charge is 2.41. The van der Waals surface area contributed by atoms with E-state index < -0.39 is 17.4 Å². The van der Waals surface area contributed by atoms with E-state index in [1.807, 2.05) is 0 Å². The maximum absolute atomic E-state index is 12.7. The number of aryl methyl sites for hydroxylation is 1. The first-order chi connectivity index (χ1) is 11.7. The van der Waals surface area contributed by atoms with Crippen molar-refractivity contribution in [2.45, 2.75) is 25.8 Å². The van der Waals surface area contributed by atoms with Crippen LogP contribution < -0.4 is 5.32 Å². The number of amides is 1. The van der Waals surface area contributed by atoms with E-state index in [9.17, 15) is 19.5 Å². The summed E-state index contributed by atoms with van der Waals surface area (Å²) >= 11 is 5.87. The van der Waals surface area contributed by atoms with Crippen molar-refractivity contribution in [1.29, 1.82) is 0 Å². The van der Waals surface area contributed by atoms with Crippen LogP contribution >= 0.6 is 11.6 Å². The van der Waals surface area contributed by atoms with E-state index in [0.29, 0.717) is 16.1 Å². The van der Waals surface area contributed by atoms with Gasteiger partial charge in [-0.25, -0.2) is 4.79 Å². The number of Topliss-reactive ketones (excluding diaryl/α,β-unsaturated/α-hetero) is 1. The number of carbonyl (C=O) groups excluding carboxylic acids is 2. The smallest absolute Gasteiger partial charge is 0.334 e. The molecule has 0 aliphatic rings. The van der Waals surface area contributed by atoms with Crippen LogP contribution in [0.2, 0.25) is 5.02 Å². The summed E-state index contributed by atoms with van der Waals surface area (Å²) in [6.45, 7) is 3.08. The zero-order valence-corrected chi connectivity index (χ0v) is 14.9. The first-order valence-corrected chi connectivity index (χ1v) is 8.08. The summed E-state index contributed by atoms with van der Waals surface area (Å²) in [4.78, 5) is 36.2. The van der Waals surface area contributed by atoms with Gasteiger partial charge in [-0.2, -0.15) is 0 Å². The van der Waals surface area contributed by atoms with Gasteiger partial charge in [0.25, 0.3) is 5.91 Å². The first-order valence-electron chi connectivity index (χ1n) is 7.70. The van der Waals surface area contributed by atoms with Crippen LogP contribution in [0.3, 0.4) is 0 Å². The van der Waals surface area contributed by atoms with Crippen molar-refractivity contribution in [2.24, 2.45) is 7.05 Å². The van der Waals surface area contributed by atoms with Crippen LogP contribution in [0.5, 0.6) is 0 Å². The molecular formula is C18H19ClN2O4. The number of nitrogens with one attached hydrogen (secondary N) is 1. The predicted molar refractivity (Wildman–Crippen MR) is 93.9 cm³/mol. The Morgan fingerprint density at radius 2 is 1.84 bits per heavy atom. The molecule has 6 nitrogen and oxygen atoms in total. The average Bonchev–Trinajstić information content (AvgIpc) is 2.95. The number of aromatic nitrogens is 1. The number of nitrogens with zero attached hydrogens (tertiary/aromatic N) is 1. The van der Waals surface area contributed by atoms with Crippen LogP contribution in [0.25, 0.3) is 0 Å². The Balaban J connectivity index is 2.44. The molecule has 132 valence electrons. The molecule has 0 saturated carbocycles. The molecule has 0 spiro atoms. The minimum atomic E-state index is -1.59. The molecule has 1 heterocycles. The van der Waals surface area contributed by atoms with Crippen molar-refractivity contribution in [1.82, 2.24) is 9.88 Å². The molecule has 0 aliphatic carbocycles. The number of carboxylic acid groups (broad SMARTS) is 1. The molecule has 1 unspecified atom stereocenters. The van der Waals surface area contributed by atoms with E-state index in [1.54, 1.807) is 38.2 Å². The number of halogens is 1. The molecule has 0 radical (unpaired) electrons. The van der Waals surface area contributed by atoms with Crippen molar-refractivity contribution >= 4 is 29.3 Å². The third-order valence-electron chi connectivity index (χ3n) is 4.20. The third-order valence-corrected chi connectivity index (χ3v) is 4.46. The molecular weight excluding hydrogens is 344 g/mol. The van der Waals surface area contributed by atoms with Gasteiger partial charge in [0.15, 0.2) is 11.3 Å². The van der Waals surface area contributed by atoms with Gasteiger partial charge >= 0.3 is 5.97 Å². The third kappa shape index (κ3) is 3.58. The highest BCUT2D eigenvalue weighted by Crippen LogP contribution is 2.27. The predicted octanol–water partition coefficient (Wildman–Crippen LogP) is 3.00. The molecule has 0 aliphatic heterocycles. The maximum Gasteiger partial charge on any atom is 0.334 e. The second-order valence-corrected chi connectivity index (χ2v) is 6.24. The van der Waals surface area contributed by atoms with Gasteiger partial charge in [-0.15, -0.1) is 0 Å².